The van der Waals surface area contributed by atoms with Crippen molar-refractivity contribution in [1.29, 1.82) is 0 Å². The van der Waals surface area contributed by atoms with Gasteiger partial charge in [-0.25, -0.2) is 4.98 Å². The summed E-state index contributed by atoms with van der Waals surface area (Å²) < 4.78 is 5.54. The molecule has 0 amide bonds. The van der Waals surface area contributed by atoms with Crippen LogP contribution in [0.25, 0.3) is 0 Å². The molecule has 2 aromatic rings. The number of ether oxygens (including phenoxy) is 1. The third kappa shape index (κ3) is 2.84. The van der Waals surface area contributed by atoms with Crippen molar-refractivity contribution < 1.29 is 4.74 Å². The van der Waals surface area contributed by atoms with Gasteiger partial charge in [0.15, 0.2) is 0 Å². The minimum Gasteiger partial charge on any atom is -0.436 e. The molecule has 1 heterocycles. The van der Waals surface area contributed by atoms with E-state index >= 15 is 0 Å². The topological polar surface area (TPSA) is 61.0 Å². The van der Waals surface area contributed by atoms with Gasteiger partial charge in [-0.3, -0.25) is 4.98 Å². The zero-order valence-corrected chi connectivity index (χ0v) is 11.3. The van der Waals surface area contributed by atoms with Gasteiger partial charge >= 0.3 is 0 Å². The molecule has 0 fully saturated rings. The molecule has 0 saturated carbocycles. The molecule has 0 spiro atoms. The van der Waals surface area contributed by atoms with Crippen molar-refractivity contribution >= 4 is 34.8 Å². The molecule has 0 aliphatic rings. The Hall–Kier alpha value is -1.07. The Morgan fingerprint density at radius 3 is 2.39 bits per heavy atom. The second kappa shape index (κ2) is 5.71. The smallest absolute Gasteiger partial charge is 0.242 e. The maximum Gasteiger partial charge on any atom is 0.242 e. The van der Waals surface area contributed by atoms with Crippen LogP contribution < -0.4 is 10.5 Å². The molecule has 0 atom stereocenters. The monoisotopic (exact) mass is 303 g/mol. The Labute approximate surface area is 119 Å². The largest absolute Gasteiger partial charge is 0.436 e. The van der Waals surface area contributed by atoms with Crippen molar-refractivity contribution in [2.45, 2.75) is 6.54 Å². The number of nitrogens with two attached hydrogens (primary N) is 1. The number of hydrogen-bond acceptors (Lipinski definition) is 4. The Morgan fingerprint density at radius 1 is 1.00 bits per heavy atom. The summed E-state index contributed by atoms with van der Waals surface area (Å²) in [5.41, 5.74) is 6.06. The summed E-state index contributed by atoms with van der Waals surface area (Å²) in [5.74, 6) is 0.640. The van der Waals surface area contributed by atoms with Gasteiger partial charge < -0.3 is 10.5 Å². The summed E-state index contributed by atoms with van der Waals surface area (Å²) in [6, 6.07) is 3.01. The third-order valence-electron chi connectivity index (χ3n) is 2.11. The quantitative estimate of drug-likeness (QED) is 0.879. The highest BCUT2D eigenvalue weighted by Crippen LogP contribution is 2.36. The van der Waals surface area contributed by atoms with Crippen molar-refractivity contribution in [3.63, 3.8) is 0 Å². The molecule has 94 valence electrons. The van der Waals surface area contributed by atoms with Gasteiger partial charge in [-0.1, -0.05) is 34.8 Å². The molecule has 0 radical (unpaired) electrons. The van der Waals surface area contributed by atoms with Gasteiger partial charge in [0.1, 0.15) is 11.4 Å². The maximum atomic E-state index is 6.00. The number of aromatic nitrogens is 2. The van der Waals surface area contributed by atoms with E-state index in [0.717, 1.165) is 0 Å². The molecule has 0 saturated heterocycles. The second-order valence-corrected chi connectivity index (χ2v) is 4.53. The summed E-state index contributed by atoms with van der Waals surface area (Å²) in [4.78, 5) is 8.09. The Kier molecular flexibility index (Phi) is 4.24. The normalized spacial score (nSPS) is 10.4. The Bertz CT molecular complexity index is 577. The minimum absolute atomic E-state index is 0.210. The number of rotatable bonds is 3. The van der Waals surface area contributed by atoms with E-state index in [4.69, 9.17) is 45.3 Å². The fourth-order valence-electron chi connectivity index (χ4n) is 1.27. The zero-order chi connectivity index (χ0) is 13.1. The first-order valence-corrected chi connectivity index (χ1v) is 6.07. The van der Waals surface area contributed by atoms with Crippen LogP contribution in [0.4, 0.5) is 0 Å². The molecular formula is C11H8Cl3N3O. The molecule has 0 aliphatic carbocycles. The van der Waals surface area contributed by atoms with Gasteiger partial charge in [-0.2, -0.15) is 0 Å². The third-order valence-corrected chi connectivity index (χ3v) is 3.13. The van der Waals surface area contributed by atoms with Crippen molar-refractivity contribution in [2.24, 2.45) is 5.73 Å². The summed E-state index contributed by atoms with van der Waals surface area (Å²) in [6.45, 7) is 0.210. The molecule has 7 heteroatoms. The molecule has 0 aliphatic heterocycles. The van der Waals surface area contributed by atoms with Gasteiger partial charge in [0.05, 0.1) is 15.1 Å². The fraction of sp³-hybridized carbons (Fsp3) is 0.0909. The minimum atomic E-state index is 0.210. The number of halogens is 3. The fourth-order valence-corrected chi connectivity index (χ4v) is 1.84. The van der Waals surface area contributed by atoms with Gasteiger partial charge in [0.25, 0.3) is 0 Å². The van der Waals surface area contributed by atoms with Crippen molar-refractivity contribution in [2.75, 3.05) is 0 Å². The molecule has 18 heavy (non-hydrogen) atoms. The first kappa shape index (κ1) is 13.4. The highest BCUT2D eigenvalue weighted by Gasteiger charge is 2.11. The van der Waals surface area contributed by atoms with Crippen LogP contribution in [0.1, 0.15) is 5.69 Å². The SMILES string of the molecule is NCc1nccnc1Oc1cc(Cl)c(Cl)cc1Cl. The van der Waals surface area contributed by atoms with Crippen LogP contribution in [0.5, 0.6) is 11.6 Å². The van der Waals surface area contributed by atoms with Crippen LogP contribution in [0.15, 0.2) is 24.5 Å². The lowest BCUT2D eigenvalue weighted by atomic mass is 10.3. The summed E-state index contributed by atoms with van der Waals surface area (Å²) in [7, 11) is 0. The molecule has 2 N–H and O–H groups in total. The standard InChI is InChI=1S/C11H8Cl3N3O/c12-6-3-8(14)10(4-7(6)13)18-11-9(5-15)16-1-2-17-11/h1-4H,5,15H2. The second-order valence-electron chi connectivity index (χ2n) is 3.31. The maximum absolute atomic E-state index is 6.00. The van der Waals surface area contributed by atoms with E-state index in [2.05, 4.69) is 9.97 Å². The van der Waals surface area contributed by atoms with E-state index in [1.165, 1.54) is 24.5 Å². The van der Waals surface area contributed by atoms with E-state index in [-0.39, 0.29) is 6.54 Å². The first-order valence-electron chi connectivity index (χ1n) is 4.94. The molecule has 0 bridgehead atoms. The van der Waals surface area contributed by atoms with E-state index < -0.39 is 0 Å². The summed E-state index contributed by atoms with van der Waals surface area (Å²) in [5, 5.41) is 1.03. The van der Waals surface area contributed by atoms with Crippen LogP contribution in [-0.2, 0) is 6.54 Å². The predicted molar refractivity (Wildman–Crippen MR) is 71.5 cm³/mol. The molecule has 4 nitrogen and oxygen atoms in total. The lowest BCUT2D eigenvalue weighted by Crippen LogP contribution is -2.03. The number of benzene rings is 1. The summed E-state index contributed by atoms with van der Waals surface area (Å²) in [6.07, 6.45) is 3.03. The lowest BCUT2D eigenvalue weighted by Gasteiger charge is -2.10. The highest BCUT2D eigenvalue weighted by molar-refractivity contribution is 6.43. The summed E-state index contributed by atoms with van der Waals surface area (Å²) >= 11 is 17.7. The molecular weight excluding hydrogens is 296 g/mol. The van der Waals surface area contributed by atoms with E-state index in [9.17, 15) is 0 Å². The van der Waals surface area contributed by atoms with Gasteiger partial charge in [0.2, 0.25) is 5.88 Å². The van der Waals surface area contributed by atoms with Gasteiger partial charge in [-0.05, 0) is 6.07 Å². The van der Waals surface area contributed by atoms with Crippen molar-refractivity contribution in [3.05, 3.63) is 45.3 Å². The molecule has 0 unspecified atom stereocenters. The predicted octanol–water partition coefficient (Wildman–Crippen LogP) is 3.69. The Morgan fingerprint density at radius 2 is 1.67 bits per heavy atom. The van der Waals surface area contributed by atoms with Crippen LogP contribution >= 0.6 is 34.8 Å². The van der Waals surface area contributed by atoms with Gasteiger partial charge in [-0.15, -0.1) is 0 Å². The molecule has 2 rings (SSSR count). The first-order chi connectivity index (χ1) is 8.61. The van der Waals surface area contributed by atoms with Crippen LogP contribution in [0.2, 0.25) is 15.1 Å². The Balaban J connectivity index is 2.37. The highest BCUT2D eigenvalue weighted by atomic mass is 35.5. The van der Waals surface area contributed by atoms with Crippen molar-refractivity contribution in [3.8, 4) is 11.6 Å². The molecule has 1 aromatic carbocycles. The molecule has 1 aromatic heterocycles. The van der Waals surface area contributed by atoms with E-state index in [1.807, 2.05) is 0 Å². The average Bonchev–Trinajstić information content (AvgIpc) is 2.36. The van der Waals surface area contributed by atoms with Crippen LogP contribution in [-0.4, -0.2) is 9.97 Å². The van der Waals surface area contributed by atoms with E-state index in [1.54, 1.807) is 0 Å². The van der Waals surface area contributed by atoms with E-state index in [0.29, 0.717) is 32.4 Å². The number of nitrogens with zero attached hydrogens (tertiary/aromatic N) is 2. The average molecular weight is 305 g/mol. The van der Waals surface area contributed by atoms with Gasteiger partial charge in [0, 0.05) is 25.0 Å². The number of hydrogen-bond donors (Lipinski definition) is 1. The lowest BCUT2D eigenvalue weighted by molar-refractivity contribution is 0.452. The van der Waals surface area contributed by atoms with Crippen LogP contribution in [0.3, 0.4) is 0 Å². The van der Waals surface area contributed by atoms with Crippen molar-refractivity contribution in [1.82, 2.24) is 9.97 Å². The van der Waals surface area contributed by atoms with Crippen LogP contribution in [0, 0.1) is 0 Å². The zero-order valence-electron chi connectivity index (χ0n) is 9.03.